The summed E-state index contributed by atoms with van der Waals surface area (Å²) in [5.41, 5.74) is 1.29. The molecule has 0 heterocycles. The zero-order valence-electron chi connectivity index (χ0n) is 13.4. The topological polar surface area (TPSA) is 61.4 Å². The number of rotatable bonds is 8. The smallest absolute Gasteiger partial charge is 0.314 e. The maximum atomic E-state index is 11.8. The number of nitrogens with one attached hydrogen (secondary N) is 2. The van der Waals surface area contributed by atoms with E-state index in [-0.39, 0.29) is 24.0 Å². The molecule has 0 saturated carbocycles. The van der Waals surface area contributed by atoms with E-state index in [1.54, 1.807) is 0 Å². The highest BCUT2D eigenvalue weighted by Crippen LogP contribution is 2.20. The number of aliphatic hydroxyl groups excluding tert-OH is 1. The predicted molar refractivity (Wildman–Crippen MR) is 86.2 cm³/mol. The molecule has 0 aliphatic heterocycles. The van der Waals surface area contributed by atoms with Crippen LogP contribution in [0.2, 0.25) is 0 Å². The van der Waals surface area contributed by atoms with Crippen LogP contribution >= 0.6 is 0 Å². The number of urea groups is 1. The molecule has 0 saturated heterocycles. The maximum absolute atomic E-state index is 11.8. The minimum Gasteiger partial charge on any atom is -0.396 e. The Morgan fingerprint density at radius 1 is 1.24 bits per heavy atom. The molecule has 0 aliphatic carbocycles. The lowest BCUT2D eigenvalue weighted by molar-refractivity contribution is 0.227. The summed E-state index contributed by atoms with van der Waals surface area (Å²) in [5, 5.41) is 14.6. The lowest BCUT2D eigenvalue weighted by atomic mass is 9.86. The molecule has 1 aromatic carbocycles. The van der Waals surface area contributed by atoms with Crippen LogP contribution in [-0.4, -0.2) is 30.8 Å². The summed E-state index contributed by atoms with van der Waals surface area (Å²) < 4.78 is 0. The molecule has 0 radical (unpaired) electrons. The third-order valence-corrected chi connectivity index (χ3v) is 3.49. The monoisotopic (exact) mass is 292 g/mol. The van der Waals surface area contributed by atoms with E-state index >= 15 is 0 Å². The molecule has 0 aliphatic rings. The van der Waals surface area contributed by atoms with Gasteiger partial charge in [-0.05, 0) is 29.7 Å². The van der Waals surface area contributed by atoms with E-state index in [1.165, 1.54) is 5.56 Å². The van der Waals surface area contributed by atoms with E-state index in [9.17, 15) is 4.79 Å². The van der Waals surface area contributed by atoms with Gasteiger partial charge in [-0.2, -0.15) is 0 Å². The van der Waals surface area contributed by atoms with Crippen LogP contribution in [0.15, 0.2) is 30.3 Å². The molecule has 1 aromatic rings. The second-order valence-corrected chi connectivity index (χ2v) is 6.51. The van der Waals surface area contributed by atoms with E-state index in [0.29, 0.717) is 19.5 Å². The van der Waals surface area contributed by atoms with Crippen LogP contribution in [0.5, 0.6) is 0 Å². The van der Waals surface area contributed by atoms with Crippen LogP contribution < -0.4 is 10.6 Å². The molecule has 4 heteroatoms. The van der Waals surface area contributed by atoms with Gasteiger partial charge in [0.05, 0.1) is 0 Å². The second-order valence-electron chi connectivity index (χ2n) is 6.51. The first-order chi connectivity index (χ1) is 9.93. The Bertz CT molecular complexity index is 418. The molecule has 0 fully saturated rings. The van der Waals surface area contributed by atoms with E-state index in [2.05, 4.69) is 36.6 Å². The van der Waals surface area contributed by atoms with Gasteiger partial charge < -0.3 is 15.7 Å². The van der Waals surface area contributed by atoms with Crippen molar-refractivity contribution in [1.29, 1.82) is 0 Å². The fraction of sp³-hybridized carbons (Fsp3) is 0.588. The molecular formula is C17H28N2O2. The lowest BCUT2D eigenvalue weighted by Gasteiger charge is -2.25. The highest BCUT2D eigenvalue weighted by Gasteiger charge is 2.19. The van der Waals surface area contributed by atoms with Gasteiger partial charge in [0, 0.05) is 19.7 Å². The van der Waals surface area contributed by atoms with Crippen LogP contribution in [0.25, 0.3) is 0 Å². The molecule has 118 valence electrons. The molecule has 1 rings (SSSR count). The number of amides is 2. The molecule has 21 heavy (non-hydrogen) atoms. The van der Waals surface area contributed by atoms with Crippen molar-refractivity contribution in [1.82, 2.24) is 10.6 Å². The van der Waals surface area contributed by atoms with Crippen molar-refractivity contribution in [3.05, 3.63) is 35.9 Å². The van der Waals surface area contributed by atoms with Gasteiger partial charge in [-0.25, -0.2) is 4.79 Å². The molecule has 0 bridgehead atoms. The first-order valence-electron chi connectivity index (χ1n) is 7.59. The number of hydrogen-bond donors (Lipinski definition) is 3. The zero-order valence-corrected chi connectivity index (χ0v) is 13.4. The van der Waals surface area contributed by atoms with E-state index in [4.69, 9.17) is 5.11 Å². The standard InChI is InChI=1S/C17H28N2O2/c1-14(9-10-20)12-18-16(21)19-13-17(2,3)11-15-7-5-4-6-8-15/h4-8,14,20H,9-13H2,1-3H3,(H2,18,19,21). The van der Waals surface area contributed by atoms with E-state index in [0.717, 1.165) is 6.42 Å². The Hall–Kier alpha value is -1.55. The number of benzene rings is 1. The molecular weight excluding hydrogens is 264 g/mol. The van der Waals surface area contributed by atoms with Crippen LogP contribution in [0.3, 0.4) is 0 Å². The quantitative estimate of drug-likeness (QED) is 0.689. The van der Waals surface area contributed by atoms with Crippen molar-refractivity contribution in [2.24, 2.45) is 11.3 Å². The van der Waals surface area contributed by atoms with Gasteiger partial charge in [0.25, 0.3) is 0 Å². The maximum Gasteiger partial charge on any atom is 0.314 e. The summed E-state index contributed by atoms with van der Waals surface area (Å²) in [5.74, 6) is 0.290. The molecule has 2 amide bonds. The van der Waals surface area contributed by atoms with Crippen molar-refractivity contribution in [3.63, 3.8) is 0 Å². The lowest BCUT2D eigenvalue weighted by Crippen LogP contribution is -2.42. The minimum absolute atomic E-state index is 0.00933. The van der Waals surface area contributed by atoms with Gasteiger partial charge in [-0.15, -0.1) is 0 Å². The van der Waals surface area contributed by atoms with Crippen molar-refractivity contribution in [3.8, 4) is 0 Å². The number of hydrogen-bond acceptors (Lipinski definition) is 2. The highest BCUT2D eigenvalue weighted by atomic mass is 16.3. The van der Waals surface area contributed by atoms with Crippen molar-refractivity contribution in [2.45, 2.75) is 33.6 Å². The summed E-state index contributed by atoms with van der Waals surface area (Å²) in [6.07, 6.45) is 1.63. The Labute approximate surface area is 128 Å². The molecule has 0 spiro atoms. The Morgan fingerprint density at radius 3 is 2.52 bits per heavy atom. The minimum atomic E-state index is -0.138. The van der Waals surface area contributed by atoms with Gasteiger partial charge in [-0.1, -0.05) is 51.1 Å². The molecule has 4 nitrogen and oxygen atoms in total. The third kappa shape index (κ3) is 7.71. The SMILES string of the molecule is CC(CCO)CNC(=O)NCC(C)(C)Cc1ccccc1. The van der Waals surface area contributed by atoms with Crippen molar-refractivity contribution < 1.29 is 9.90 Å². The average molecular weight is 292 g/mol. The molecule has 3 N–H and O–H groups in total. The summed E-state index contributed by atoms with van der Waals surface area (Å²) in [4.78, 5) is 11.8. The summed E-state index contributed by atoms with van der Waals surface area (Å²) >= 11 is 0. The summed E-state index contributed by atoms with van der Waals surface area (Å²) in [6.45, 7) is 7.68. The Balaban J connectivity index is 2.30. The van der Waals surface area contributed by atoms with Crippen LogP contribution in [0, 0.1) is 11.3 Å². The highest BCUT2D eigenvalue weighted by molar-refractivity contribution is 5.73. The molecule has 0 aromatic heterocycles. The van der Waals surface area contributed by atoms with Crippen LogP contribution in [0.1, 0.15) is 32.8 Å². The first-order valence-corrected chi connectivity index (χ1v) is 7.59. The number of carbonyl (C=O) groups excluding carboxylic acids is 1. The number of carbonyl (C=O) groups is 1. The van der Waals surface area contributed by atoms with Crippen molar-refractivity contribution >= 4 is 6.03 Å². The van der Waals surface area contributed by atoms with Gasteiger partial charge in [0.15, 0.2) is 0 Å². The fourth-order valence-electron chi connectivity index (χ4n) is 2.18. The largest absolute Gasteiger partial charge is 0.396 e. The third-order valence-electron chi connectivity index (χ3n) is 3.49. The first kappa shape index (κ1) is 17.5. The molecule has 1 atom stereocenters. The zero-order chi connectivity index (χ0) is 15.7. The number of aliphatic hydroxyl groups is 1. The Kier molecular flexibility index (Phi) is 7.23. The van der Waals surface area contributed by atoms with Crippen LogP contribution in [-0.2, 0) is 6.42 Å². The van der Waals surface area contributed by atoms with Crippen molar-refractivity contribution in [2.75, 3.05) is 19.7 Å². The summed E-state index contributed by atoms with van der Waals surface area (Å²) in [6, 6.07) is 10.2. The van der Waals surface area contributed by atoms with Gasteiger partial charge in [0.2, 0.25) is 0 Å². The van der Waals surface area contributed by atoms with Gasteiger partial charge in [0.1, 0.15) is 0 Å². The van der Waals surface area contributed by atoms with E-state index in [1.807, 2.05) is 25.1 Å². The van der Waals surface area contributed by atoms with Gasteiger partial charge in [-0.3, -0.25) is 0 Å². The van der Waals surface area contributed by atoms with Gasteiger partial charge >= 0.3 is 6.03 Å². The predicted octanol–water partition coefficient (Wildman–Crippen LogP) is 2.57. The second kappa shape index (κ2) is 8.67. The van der Waals surface area contributed by atoms with Crippen LogP contribution in [0.4, 0.5) is 4.79 Å². The average Bonchev–Trinajstić information content (AvgIpc) is 2.44. The normalized spacial score (nSPS) is 12.8. The molecule has 1 unspecified atom stereocenters. The Morgan fingerprint density at radius 2 is 1.90 bits per heavy atom. The van der Waals surface area contributed by atoms with E-state index < -0.39 is 0 Å². The fourth-order valence-corrected chi connectivity index (χ4v) is 2.18. The summed E-state index contributed by atoms with van der Waals surface area (Å²) in [7, 11) is 0.